The van der Waals surface area contributed by atoms with Crippen LogP contribution in [-0.4, -0.2) is 48.6 Å². The average Bonchev–Trinajstić information content (AvgIpc) is 3.05. The van der Waals surface area contributed by atoms with Gasteiger partial charge in [0.2, 0.25) is 0 Å². The molecule has 180 valence electrons. The smallest absolute Gasteiger partial charge is 0.397 e. The van der Waals surface area contributed by atoms with Crippen LogP contribution in [0.25, 0.3) is 11.2 Å². The lowest BCUT2D eigenvalue weighted by Gasteiger charge is -2.23. The van der Waals surface area contributed by atoms with Crippen LogP contribution in [0.4, 0.5) is 5.95 Å². The van der Waals surface area contributed by atoms with Crippen LogP contribution < -0.4 is 21.9 Å². The van der Waals surface area contributed by atoms with Crippen molar-refractivity contribution in [1.82, 2.24) is 14.6 Å². The molecule has 0 bridgehead atoms. The highest BCUT2D eigenvalue weighted by molar-refractivity contribution is 6.76. The van der Waals surface area contributed by atoms with Crippen LogP contribution in [0.2, 0.25) is 19.6 Å². The molecule has 32 heavy (non-hydrogen) atoms. The molecule has 6 N–H and O–H groups in total. The fourth-order valence-corrected chi connectivity index (χ4v) is 5.34. The molecule has 2 heterocycles. The average molecular weight is 463 g/mol. The number of nitrogens with two attached hydrogens (primary N) is 2. The van der Waals surface area contributed by atoms with Gasteiger partial charge in [0.15, 0.2) is 0 Å². The van der Waals surface area contributed by atoms with E-state index in [1.54, 1.807) is 12.1 Å². The van der Waals surface area contributed by atoms with Crippen LogP contribution in [0.15, 0.2) is 18.5 Å². The van der Waals surface area contributed by atoms with Gasteiger partial charge in [0.25, 0.3) is 0 Å². The Balaban J connectivity index is 2.53. The van der Waals surface area contributed by atoms with E-state index >= 15 is 0 Å². The number of rotatable bonds is 13. The number of nitrogens with zero attached hydrogens (tertiary/aromatic N) is 3. The second-order valence-corrected chi connectivity index (χ2v) is 15.4. The molecule has 1 unspecified atom stereocenters. The van der Waals surface area contributed by atoms with E-state index in [0.717, 1.165) is 42.9 Å². The summed E-state index contributed by atoms with van der Waals surface area (Å²) in [5, 5.41) is 10.0. The van der Waals surface area contributed by atoms with Gasteiger partial charge in [0.1, 0.15) is 5.52 Å². The van der Waals surface area contributed by atoms with Gasteiger partial charge in [-0.25, -0.2) is 10.8 Å². The molecule has 0 aliphatic heterocycles. The van der Waals surface area contributed by atoms with E-state index in [0.29, 0.717) is 24.2 Å². The van der Waals surface area contributed by atoms with Crippen LogP contribution in [0.5, 0.6) is 0 Å². The third kappa shape index (κ3) is 7.21. The van der Waals surface area contributed by atoms with Crippen molar-refractivity contribution in [3.8, 4) is 0 Å². The molecule has 0 aliphatic carbocycles. The highest BCUT2D eigenvalue weighted by atomic mass is 28.3. The normalized spacial score (nSPS) is 13.7. The van der Waals surface area contributed by atoms with E-state index in [2.05, 4.69) is 56.8 Å². The number of aromatic nitrogens is 3. The fraction of sp³-hybridized carbons (Fsp3) is 0.652. The first kappa shape index (κ1) is 26.2. The van der Waals surface area contributed by atoms with Crippen molar-refractivity contribution in [3.63, 3.8) is 0 Å². The molecule has 0 aromatic carbocycles. The topological polar surface area (TPSA) is 108 Å². The van der Waals surface area contributed by atoms with Crippen molar-refractivity contribution >= 4 is 25.2 Å². The van der Waals surface area contributed by atoms with Crippen molar-refractivity contribution < 1.29 is 9.72 Å². The maximum atomic E-state index is 6.57. The number of aromatic amines is 1. The molecule has 2 rings (SSSR count). The fourth-order valence-electron chi connectivity index (χ4n) is 4.15. The zero-order valence-corrected chi connectivity index (χ0v) is 22.0. The predicted octanol–water partition coefficient (Wildman–Crippen LogP) is 3.59. The summed E-state index contributed by atoms with van der Waals surface area (Å²) in [5.41, 5.74) is 10.3. The number of hydrogen-bond acceptors (Lipinski definition) is 6. The number of fused-ring (bicyclic) bond motifs is 1. The zero-order valence-electron chi connectivity index (χ0n) is 21.0. The van der Waals surface area contributed by atoms with E-state index in [9.17, 15) is 0 Å². The lowest BCUT2D eigenvalue weighted by molar-refractivity contribution is -0.365. The first-order valence-corrected chi connectivity index (χ1v) is 15.5. The Labute approximate surface area is 194 Å². The first-order valence-electron chi connectivity index (χ1n) is 11.8. The maximum Gasteiger partial charge on any atom is 0.410 e. The second kappa shape index (κ2) is 11.7. The van der Waals surface area contributed by atoms with E-state index in [1.165, 1.54) is 5.69 Å². The minimum absolute atomic E-state index is 0.138. The van der Waals surface area contributed by atoms with Crippen molar-refractivity contribution in [2.24, 2.45) is 11.6 Å². The molecule has 0 saturated heterocycles. The van der Waals surface area contributed by atoms with E-state index < -0.39 is 8.07 Å². The molecular weight excluding hydrogens is 418 g/mol. The van der Waals surface area contributed by atoms with Crippen molar-refractivity contribution in [2.75, 3.05) is 25.2 Å². The maximum absolute atomic E-state index is 6.57. The minimum Gasteiger partial charge on any atom is -0.397 e. The number of methoxy groups -OCH3 is 1. The SMILES string of the molecule is CCCC(CCC)c1cc(C(N)=CN(N)C[Si](C)(C)C)c2c[nH+]c(NC(C)COC)nn12. The Morgan fingerprint density at radius 1 is 1.31 bits per heavy atom. The standard InChI is InChI=1S/C23H43N7OSi/c1-8-10-18(11-9-2)21-12-19(20(24)14-29(25)16-32(5,6)7)22-13-26-23(28-30(21)22)27-17(3)15-31-4/h12-14,17-18H,8-11,15-16,24-25H2,1-7H3,(H,27,28)/p+1. The molecule has 0 radical (unpaired) electrons. The molecule has 2 aromatic heterocycles. The molecule has 0 spiro atoms. The summed E-state index contributed by atoms with van der Waals surface area (Å²) >= 11 is 0. The third-order valence-corrected chi connectivity index (χ3v) is 6.67. The second-order valence-electron chi connectivity index (χ2n) is 10.0. The molecule has 9 heteroatoms. The molecule has 0 amide bonds. The molecule has 0 saturated carbocycles. The van der Waals surface area contributed by atoms with E-state index in [4.69, 9.17) is 21.4 Å². The summed E-state index contributed by atoms with van der Waals surface area (Å²) in [6, 6.07) is 2.34. The third-order valence-electron chi connectivity index (χ3n) is 5.35. The quantitative estimate of drug-likeness (QED) is 0.238. The van der Waals surface area contributed by atoms with Crippen molar-refractivity contribution in [2.45, 2.75) is 78.1 Å². The minimum atomic E-state index is -1.35. The van der Waals surface area contributed by atoms with Gasteiger partial charge in [-0.05, 0) is 25.8 Å². The molecule has 0 aliphatic rings. The summed E-state index contributed by atoms with van der Waals surface area (Å²) in [5.74, 6) is 7.40. The molecular formula is C23H44N7OSi+. The van der Waals surface area contributed by atoms with Crippen LogP contribution in [0, 0.1) is 0 Å². The highest BCUT2D eigenvalue weighted by Crippen LogP contribution is 2.31. The van der Waals surface area contributed by atoms with Crippen molar-refractivity contribution in [1.29, 1.82) is 0 Å². The zero-order chi connectivity index (χ0) is 23.9. The number of H-pyrrole nitrogens is 1. The summed E-state index contributed by atoms with van der Waals surface area (Å²) in [4.78, 5) is 3.28. The highest BCUT2D eigenvalue weighted by Gasteiger charge is 2.23. The number of nitrogens with one attached hydrogen (secondary N) is 2. The number of ether oxygens (including phenoxy) is 1. The van der Waals surface area contributed by atoms with Crippen LogP contribution >= 0.6 is 0 Å². The Morgan fingerprint density at radius 2 is 1.97 bits per heavy atom. The van der Waals surface area contributed by atoms with Gasteiger partial charge >= 0.3 is 5.95 Å². The predicted molar refractivity (Wildman–Crippen MR) is 136 cm³/mol. The van der Waals surface area contributed by atoms with E-state index in [1.807, 2.05) is 16.9 Å². The van der Waals surface area contributed by atoms with Crippen LogP contribution in [0.3, 0.4) is 0 Å². The van der Waals surface area contributed by atoms with Gasteiger partial charge < -0.3 is 15.5 Å². The summed E-state index contributed by atoms with van der Waals surface area (Å²) in [7, 11) is 0.354. The van der Waals surface area contributed by atoms with Gasteiger partial charge in [0.05, 0.1) is 38.3 Å². The van der Waals surface area contributed by atoms with Gasteiger partial charge in [-0.15, -0.1) is 0 Å². The number of anilines is 1. The Bertz CT molecular complexity index is 884. The Hall–Kier alpha value is -2.10. The van der Waals surface area contributed by atoms with Gasteiger partial charge in [0, 0.05) is 36.1 Å². The Kier molecular flexibility index (Phi) is 9.54. The van der Waals surface area contributed by atoms with Crippen LogP contribution in [0.1, 0.15) is 63.6 Å². The van der Waals surface area contributed by atoms with Gasteiger partial charge in [-0.3, -0.25) is 5.32 Å². The van der Waals surface area contributed by atoms with E-state index in [-0.39, 0.29) is 6.04 Å². The molecule has 1 atom stereocenters. The summed E-state index contributed by atoms with van der Waals surface area (Å²) in [6.07, 6.45) is 9.16. The molecule has 8 nitrogen and oxygen atoms in total. The monoisotopic (exact) mass is 462 g/mol. The van der Waals surface area contributed by atoms with Gasteiger partial charge in [-0.2, -0.15) is 4.52 Å². The lowest BCUT2D eigenvalue weighted by Crippen LogP contribution is -2.41. The molecule has 2 aromatic rings. The number of hydrogen-bond donors (Lipinski definition) is 3. The molecule has 0 fully saturated rings. The Morgan fingerprint density at radius 3 is 2.53 bits per heavy atom. The largest absolute Gasteiger partial charge is 0.410 e. The van der Waals surface area contributed by atoms with Gasteiger partial charge in [-0.1, -0.05) is 46.3 Å². The summed E-state index contributed by atoms with van der Waals surface area (Å²) in [6.45, 7) is 14.0. The summed E-state index contributed by atoms with van der Waals surface area (Å²) < 4.78 is 7.29. The first-order chi connectivity index (χ1) is 15.1. The van der Waals surface area contributed by atoms with Crippen LogP contribution in [-0.2, 0) is 4.74 Å². The van der Waals surface area contributed by atoms with Crippen molar-refractivity contribution in [3.05, 3.63) is 29.7 Å². The lowest BCUT2D eigenvalue weighted by atomic mass is 9.94. The number of hydrazine groups is 1.